The van der Waals surface area contributed by atoms with Gasteiger partial charge in [-0.3, -0.25) is 10.1 Å². The number of para-hydroxylation sites is 1. The van der Waals surface area contributed by atoms with Crippen LogP contribution in [0.5, 0.6) is 0 Å². The van der Waals surface area contributed by atoms with E-state index in [0.29, 0.717) is 10.8 Å². The summed E-state index contributed by atoms with van der Waals surface area (Å²) in [5.74, 6) is 0.419. The fourth-order valence-corrected chi connectivity index (χ4v) is 4.55. The number of aryl methyl sites for hydroxylation is 2. The third-order valence-corrected chi connectivity index (χ3v) is 6.73. The van der Waals surface area contributed by atoms with Crippen molar-refractivity contribution in [3.8, 4) is 11.3 Å². The Balaban J connectivity index is 1.43. The molecule has 1 aliphatic rings. The van der Waals surface area contributed by atoms with Gasteiger partial charge < -0.3 is 19.5 Å². The van der Waals surface area contributed by atoms with Crippen LogP contribution in [0, 0.1) is 13.8 Å². The van der Waals surface area contributed by atoms with E-state index in [1.807, 2.05) is 43.3 Å². The molecule has 6 nitrogen and oxygen atoms in total. The maximum atomic E-state index is 12.8. The van der Waals surface area contributed by atoms with Gasteiger partial charge in [-0.05, 0) is 74.1 Å². The minimum atomic E-state index is -0.410. The number of nitrogens with zero attached hydrogens (tertiary/aromatic N) is 2. The van der Waals surface area contributed by atoms with E-state index in [-0.39, 0.29) is 10.9 Å². The molecule has 0 aliphatic carbocycles. The fourth-order valence-electron chi connectivity index (χ4n) is 4.05. The number of likely N-dealkylation sites (N-methyl/N-ethyl adjacent to an activating group) is 1. The molecule has 2 N–H and O–H groups in total. The Morgan fingerprint density at radius 3 is 2.53 bits per heavy atom. The van der Waals surface area contributed by atoms with Crippen molar-refractivity contribution in [2.75, 3.05) is 42.9 Å². The second-order valence-electron chi connectivity index (χ2n) is 8.43. The number of halogens is 1. The predicted molar refractivity (Wildman–Crippen MR) is 143 cm³/mol. The first-order valence-corrected chi connectivity index (χ1v) is 12.2. The third-order valence-electron chi connectivity index (χ3n) is 6.22. The average molecular weight is 497 g/mol. The number of anilines is 2. The number of nitrogens with one attached hydrogen (secondary N) is 2. The van der Waals surface area contributed by atoms with Crippen LogP contribution in [0.25, 0.3) is 11.3 Å². The number of carbonyl (C=O) groups is 1. The van der Waals surface area contributed by atoms with Crippen LogP contribution in [0.15, 0.2) is 52.9 Å². The largest absolute Gasteiger partial charge is 0.451 e. The number of carbonyl (C=O) groups excluding carboxylic acids is 1. The molecule has 178 valence electrons. The lowest BCUT2D eigenvalue weighted by Crippen LogP contribution is -2.46. The summed E-state index contributed by atoms with van der Waals surface area (Å²) in [5.41, 5.74) is 4.95. The van der Waals surface area contributed by atoms with Gasteiger partial charge in [0.1, 0.15) is 5.76 Å². The molecule has 3 aromatic rings. The third kappa shape index (κ3) is 5.43. The van der Waals surface area contributed by atoms with Crippen LogP contribution in [-0.2, 0) is 0 Å². The molecular weight excluding hydrogens is 468 g/mol. The molecule has 0 spiro atoms. The van der Waals surface area contributed by atoms with Crippen LogP contribution in [0.4, 0.5) is 11.4 Å². The molecule has 4 rings (SSSR count). The lowest BCUT2D eigenvalue weighted by Gasteiger charge is -2.37. The number of thiocarbonyl (C=S) groups is 1. The second kappa shape index (κ2) is 10.6. The zero-order chi connectivity index (χ0) is 24.2. The summed E-state index contributed by atoms with van der Waals surface area (Å²) < 4.78 is 5.80. The Kier molecular flexibility index (Phi) is 7.56. The number of amides is 1. The minimum Gasteiger partial charge on any atom is -0.451 e. The van der Waals surface area contributed by atoms with Gasteiger partial charge in [-0.25, -0.2) is 0 Å². The summed E-state index contributed by atoms with van der Waals surface area (Å²) in [6.07, 6.45) is 0. The van der Waals surface area contributed by atoms with Crippen LogP contribution in [-0.4, -0.2) is 48.6 Å². The van der Waals surface area contributed by atoms with Crippen LogP contribution >= 0.6 is 23.8 Å². The van der Waals surface area contributed by atoms with Crippen molar-refractivity contribution in [2.45, 2.75) is 20.8 Å². The molecule has 2 heterocycles. The lowest BCUT2D eigenvalue weighted by atomic mass is 10.1. The molecule has 1 aromatic heterocycles. The summed E-state index contributed by atoms with van der Waals surface area (Å²) >= 11 is 12.0. The normalized spacial score (nSPS) is 14.2. The van der Waals surface area contributed by atoms with Crippen LogP contribution < -0.4 is 15.5 Å². The van der Waals surface area contributed by atoms with E-state index < -0.39 is 5.91 Å². The summed E-state index contributed by atoms with van der Waals surface area (Å²) in [6.45, 7) is 11.0. The minimum absolute atomic E-state index is 0.185. The summed E-state index contributed by atoms with van der Waals surface area (Å²) in [5, 5.41) is 6.69. The quantitative estimate of drug-likeness (QED) is 0.456. The summed E-state index contributed by atoms with van der Waals surface area (Å²) in [6, 6.07) is 15.2. The Labute approximate surface area is 210 Å². The van der Waals surface area contributed by atoms with Gasteiger partial charge in [0.25, 0.3) is 5.91 Å². The Morgan fingerprint density at radius 2 is 1.82 bits per heavy atom. The van der Waals surface area contributed by atoms with Crippen LogP contribution in [0.2, 0.25) is 5.02 Å². The maximum absolute atomic E-state index is 12.8. The number of piperazine rings is 1. The highest BCUT2D eigenvalue weighted by atomic mass is 35.5. The molecular formula is C26H29ClN4O2S. The molecule has 34 heavy (non-hydrogen) atoms. The highest BCUT2D eigenvalue weighted by molar-refractivity contribution is 7.80. The van der Waals surface area contributed by atoms with Crippen molar-refractivity contribution in [1.82, 2.24) is 10.2 Å². The van der Waals surface area contributed by atoms with Crippen molar-refractivity contribution in [2.24, 2.45) is 0 Å². The SMILES string of the molecule is CCN1CCN(c2c(Cl)cccc2NC(=S)NC(=O)c2ccc(-c3ccc(C)c(C)c3)o2)CC1. The van der Waals surface area contributed by atoms with Gasteiger partial charge in [-0.1, -0.05) is 36.7 Å². The number of rotatable bonds is 5. The molecule has 0 unspecified atom stereocenters. The van der Waals surface area contributed by atoms with Crippen molar-refractivity contribution < 1.29 is 9.21 Å². The maximum Gasteiger partial charge on any atom is 0.293 e. The monoisotopic (exact) mass is 496 g/mol. The van der Waals surface area contributed by atoms with E-state index in [1.165, 1.54) is 11.1 Å². The number of benzene rings is 2. The molecule has 1 saturated heterocycles. The zero-order valence-corrected chi connectivity index (χ0v) is 21.2. The summed E-state index contributed by atoms with van der Waals surface area (Å²) in [4.78, 5) is 17.4. The van der Waals surface area contributed by atoms with Crippen molar-refractivity contribution in [1.29, 1.82) is 0 Å². The Bertz CT molecular complexity index is 1200. The highest BCUT2D eigenvalue weighted by Crippen LogP contribution is 2.34. The van der Waals surface area contributed by atoms with Gasteiger partial charge in [-0.2, -0.15) is 0 Å². The molecule has 0 atom stereocenters. The molecule has 2 aromatic carbocycles. The van der Waals surface area contributed by atoms with E-state index in [4.69, 9.17) is 28.2 Å². The van der Waals surface area contributed by atoms with Crippen molar-refractivity contribution in [3.63, 3.8) is 0 Å². The molecule has 0 saturated carbocycles. The molecule has 1 aliphatic heterocycles. The van der Waals surface area contributed by atoms with Gasteiger partial charge in [0.05, 0.1) is 16.4 Å². The van der Waals surface area contributed by atoms with Gasteiger partial charge in [0.15, 0.2) is 10.9 Å². The van der Waals surface area contributed by atoms with E-state index in [1.54, 1.807) is 12.1 Å². The van der Waals surface area contributed by atoms with Gasteiger partial charge in [0, 0.05) is 31.7 Å². The summed E-state index contributed by atoms with van der Waals surface area (Å²) in [7, 11) is 0. The number of hydrogen-bond acceptors (Lipinski definition) is 5. The van der Waals surface area contributed by atoms with E-state index in [2.05, 4.69) is 34.3 Å². The Morgan fingerprint density at radius 1 is 1.06 bits per heavy atom. The van der Waals surface area contributed by atoms with E-state index in [9.17, 15) is 4.79 Å². The number of furan rings is 1. The standard InChI is InChI=1S/C26H29ClN4O2S/c1-4-30-12-14-31(15-13-30)24-20(27)6-5-7-21(24)28-26(34)29-25(32)23-11-10-22(33-23)19-9-8-17(2)18(3)16-19/h5-11,16H,4,12-15H2,1-3H3,(H2,28,29,32,34). The molecule has 1 fully saturated rings. The highest BCUT2D eigenvalue weighted by Gasteiger charge is 2.21. The molecule has 0 radical (unpaired) electrons. The van der Waals surface area contributed by atoms with E-state index in [0.717, 1.165) is 49.7 Å². The first-order valence-electron chi connectivity index (χ1n) is 11.4. The lowest BCUT2D eigenvalue weighted by molar-refractivity contribution is 0.0951. The smallest absolute Gasteiger partial charge is 0.293 e. The molecule has 0 bridgehead atoms. The molecule has 8 heteroatoms. The molecule has 1 amide bonds. The number of hydrogen-bond donors (Lipinski definition) is 2. The first kappa shape index (κ1) is 24.3. The van der Waals surface area contributed by atoms with Crippen molar-refractivity contribution >= 4 is 46.2 Å². The average Bonchev–Trinajstić information content (AvgIpc) is 3.32. The van der Waals surface area contributed by atoms with Gasteiger partial charge in [-0.15, -0.1) is 0 Å². The predicted octanol–water partition coefficient (Wildman–Crippen LogP) is 5.49. The topological polar surface area (TPSA) is 60.8 Å². The van der Waals surface area contributed by atoms with E-state index >= 15 is 0 Å². The Hall–Kier alpha value is -2.87. The zero-order valence-electron chi connectivity index (χ0n) is 19.7. The first-order chi connectivity index (χ1) is 16.4. The van der Waals surface area contributed by atoms with Crippen LogP contribution in [0.1, 0.15) is 28.6 Å². The van der Waals surface area contributed by atoms with Crippen molar-refractivity contribution in [3.05, 3.63) is 70.4 Å². The fraction of sp³-hybridized carbons (Fsp3) is 0.308. The second-order valence-corrected chi connectivity index (χ2v) is 9.24. The van der Waals surface area contributed by atoms with Crippen LogP contribution in [0.3, 0.4) is 0 Å². The van der Waals surface area contributed by atoms with Gasteiger partial charge >= 0.3 is 0 Å². The van der Waals surface area contributed by atoms with Gasteiger partial charge in [0.2, 0.25) is 0 Å².